The van der Waals surface area contributed by atoms with Gasteiger partial charge in [-0.3, -0.25) is 9.59 Å². The highest BCUT2D eigenvalue weighted by atomic mass is 19.4. The molecule has 0 saturated carbocycles. The van der Waals surface area contributed by atoms with Gasteiger partial charge in [-0.2, -0.15) is 13.2 Å². The summed E-state index contributed by atoms with van der Waals surface area (Å²) in [5.74, 6) is -3.00. The number of hydrogen-bond acceptors (Lipinski definition) is 8. The zero-order chi connectivity index (χ0) is 30.8. The van der Waals surface area contributed by atoms with E-state index in [1.54, 1.807) is 18.2 Å². The van der Waals surface area contributed by atoms with Crippen LogP contribution in [-0.4, -0.2) is 70.5 Å². The monoisotopic (exact) mass is 586 g/mol. The molecule has 0 spiro atoms. The van der Waals surface area contributed by atoms with Crippen molar-refractivity contribution in [3.05, 3.63) is 66.3 Å². The summed E-state index contributed by atoms with van der Waals surface area (Å²) in [6.45, 7) is 1.88. The minimum absolute atomic E-state index is 0.00528. The number of carbonyl (C=O) groups excluding carboxylic acids is 2. The lowest BCUT2D eigenvalue weighted by Crippen LogP contribution is -2.33. The molecule has 11 nitrogen and oxygen atoms in total. The third kappa shape index (κ3) is 6.46. The minimum Gasteiger partial charge on any atom is -0.496 e. The summed E-state index contributed by atoms with van der Waals surface area (Å²) in [4.78, 5) is 30.4. The first kappa shape index (κ1) is 29.9. The molecule has 0 aliphatic carbocycles. The Bertz CT molecular complexity index is 1680. The highest BCUT2D eigenvalue weighted by molar-refractivity contribution is 6.03. The van der Waals surface area contributed by atoms with Crippen LogP contribution in [0.15, 0.2) is 55.1 Å². The van der Waals surface area contributed by atoms with Gasteiger partial charge in [-0.05, 0) is 49.5 Å². The molecule has 4 aromatic rings. The molecule has 0 bridgehead atoms. The average molecular weight is 587 g/mol. The third-order valence-electron chi connectivity index (χ3n) is 6.01. The number of nitrogens with one attached hydrogen (secondary N) is 2. The number of nitrogens with zero attached hydrogens (tertiary/aromatic N) is 5. The van der Waals surface area contributed by atoms with Crippen molar-refractivity contribution in [2.45, 2.75) is 12.7 Å². The van der Waals surface area contributed by atoms with Gasteiger partial charge in [-0.1, -0.05) is 18.7 Å². The normalized spacial score (nSPS) is 11.5. The molecule has 220 valence electrons. The maximum absolute atomic E-state index is 13.4. The molecule has 0 unspecified atom stereocenters. The molecule has 0 aliphatic rings. The van der Waals surface area contributed by atoms with Crippen molar-refractivity contribution in [1.82, 2.24) is 30.0 Å². The zero-order valence-electron chi connectivity index (χ0n) is 22.7. The van der Waals surface area contributed by atoms with Crippen molar-refractivity contribution in [3.8, 4) is 28.1 Å². The predicted molar refractivity (Wildman–Crippen MR) is 147 cm³/mol. The minimum atomic E-state index is -4.59. The fourth-order valence-corrected chi connectivity index (χ4v) is 4.23. The second kappa shape index (κ2) is 11.8. The van der Waals surface area contributed by atoms with Gasteiger partial charge >= 0.3 is 6.18 Å². The summed E-state index contributed by atoms with van der Waals surface area (Å²) in [5.41, 5.74) is 9.24. The Labute approximate surface area is 237 Å². The van der Waals surface area contributed by atoms with Crippen molar-refractivity contribution in [1.29, 1.82) is 0 Å². The predicted octanol–water partition coefficient (Wildman–Crippen LogP) is 3.82. The number of halogens is 4. The van der Waals surface area contributed by atoms with E-state index in [2.05, 4.69) is 27.1 Å². The van der Waals surface area contributed by atoms with E-state index in [9.17, 15) is 27.2 Å². The fraction of sp³-hybridized carbons (Fsp3) is 0.222. The number of alkyl halides is 3. The molecular formula is C27H26F4N8O3. The highest BCUT2D eigenvalue weighted by Crippen LogP contribution is 2.39. The van der Waals surface area contributed by atoms with Crippen LogP contribution < -0.4 is 21.1 Å². The average Bonchev–Trinajstić information content (AvgIpc) is 3.32. The highest BCUT2D eigenvalue weighted by Gasteiger charge is 2.29. The molecule has 0 radical (unpaired) electrons. The molecule has 42 heavy (non-hydrogen) atoms. The number of ether oxygens (including phenoxy) is 1. The van der Waals surface area contributed by atoms with E-state index in [0.29, 0.717) is 45.7 Å². The summed E-state index contributed by atoms with van der Waals surface area (Å²) in [6, 6.07) is 9.31. The van der Waals surface area contributed by atoms with Crippen LogP contribution in [0.4, 0.5) is 29.1 Å². The standard InChI is InChI=1S/C27H26F4N8O3/c1-14(28)25(40)36-19-8-6-16(9-17(19)11-38(2)3)22-21(23-24(32)34-13-35-39(23)37-22)15-5-7-18(20(10-15)42-4)26(41)33-12-27(29,30)31/h5-10,13H,1,11-12H2,2-4H3,(H,33,41)(H,36,40)(H2,32,34,35). The van der Waals surface area contributed by atoms with E-state index in [0.717, 1.165) is 0 Å². The molecular weight excluding hydrogens is 560 g/mol. The summed E-state index contributed by atoms with van der Waals surface area (Å²) in [7, 11) is 4.91. The third-order valence-corrected chi connectivity index (χ3v) is 6.01. The number of hydrogen-bond donors (Lipinski definition) is 3. The molecule has 0 atom stereocenters. The second-order valence-corrected chi connectivity index (χ2v) is 9.39. The number of anilines is 2. The molecule has 2 amide bonds. The molecule has 0 saturated heterocycles. The molecule has 2 aromatic heterocycles. The van der Waals surface area contributed by atoms with Crippen molar-refractivity contribution < 1.29 is 31.9 Å². The van der Waals surface area contributed by atoms with E-state index in [1.807, 2.05) is 24.3 Å². The summed E-state index contributed by atoms with van der Waals surface area (Å²) >= 11 is 0. The maximum Gasteiger partial charge on any atom is 0.405 e. The van der Waals surface area contributed by atoms with Crippen LogP contribution in [0.25, 0.3) is 27.9 Å². The van der Waals surface area contributed by atoms with Gasteiger partial charge in [0.1, 0.15) is 29.8 Å². The lowest BCUT2D eigenvalue weighted by atomic mass is 9.96. The summed E-state index contributed by atoms with van der Waals surface area (Å²) in [5, 5.41) is 13.1. The summed E-state index contributed by atoms with van der Waals surface area (Å²) in [6.07, 6.45) is -3.37. The molecule has 4 rings (SSSR count). The summed E-state index contributed by atoms with van der Waals surface area (Å²) < 4.78 is 58.0. The lowest BCUT2D eigenvalue weighted by molar-refractivity contribution is -0.123. The smallest absolute Gasteiger partial charge is 0.405 e. The van der Waals surface area contributed by atoms with Crippen LogP contribution in [0, 0.1) is 0 Å². The Balaban J connectivity index is 1.87. The lowest BCUT2D eigenvalue weighted by Gasteiger charge is -2.16. The van der Waals surface area contributed by atoms with Crippen LogP contribution in [-0.2, 0) is 11.3 Å². The number of aromatic nitrogens is 4. The van der Waals surface area contributed by atoms with Gasteiger partial charge in [0.05, 0.1) is 12.7 Å². The number of benzene rings is 2. The number of methoxy groups -OCH3 is 1. The molecule has 4 N–H and O–H groups in total. The quantitative estimate of drug-likeness (QED) is 0.199. The number of nitrogen functional groups attached to an aromatic ring is 1. The molecule has 15 heteroatoms. The van der Waals surface area contributed by atoms with E-state index in [1.165, 1.54) is 36.3 Å². The Morgan fingerprint density at radius 3 is 2.50 bits per heavy atom. The number of carbonyl (C=O) groups is 2. The van der Waals surface area contributed by atoms with Gasteiger partial charge in [0.15, 0.2) is 11.6 Å². The van der Waals surface area contributed by atoms with Crippen LogP contribution in [0.2, 0.25) is 0 Å². The first-order chi connectivity index (χ1) is 19.8. The molecule has 0 fully saturated rings. The van der Waals surface area contributed by atoms with Crippen molar-refractivity contribution in [2.24, 2.45) is 0 Å². The van der Waals surface area contributed by atoms with E-state index in [-0.39, 0.29) is 17.1 Å². The Morgan fingerprint density at radius 2 is 1.86 bits per heavy atom. The van der Waals surface area contributed by atoms with Crippen LogP contribution in [0.1, 0.15) is 15.9 Å². The van der Waals surface area contributed by atoms with Crippen LogP contribution in [0.5, 0.6) is 5.75 Å². The fourth-order valence-electron chi connectivity index (χ4n) is 4.23. The van der Waals surface area contributed by atoms with Crippen molar-refractivity contribution in [3.63, 3.8) is 0 Å². The number of nitrogens with two attached hydrogens (primary N) is 1. The molecule has 2 heterocycles. The van der Waals surface area contributed by atoms with E-state index >= 15 is 0 Å². The maximum atomic E-state index is 13.4. The number of fused-ring (bicyclic) bond motifs is 1. The SMILES string of the molecule is C=C(F)C(=O)Nc1ccc(-c2nn3ncnc(N)c3c2-c2ccc(C(=O)NCC(F)(F)F)c(OC)c2)cc1CN(C)C. The van der Waals surface area contributed by atoms with Crippen LogP contribution >= 0.6 is 0 Å². The van der Waals surface area contributed by atoms with Crippen molar-refractivity contribution >= 4 is 28.8 Å². The largest absolute Gasteiger partial charge is 0.496 e. The van der Waals surface area contributed by atoms with E-state index in [4.69, 9.17) is 10.5 Å². The first-order valence-corrected chi connectivity index (χ1v) is 12.3. The van der Waals surface area contributed by atoms with Gasteiger partial charge in [-0.25, -0.2) is 9.37 Å². The topological polar surface area (TPSA) is 140 Å². The molecule has 0 aliphatic heterocycles. The number of rotatable bonds is 9. The Hall–Kier alpha value is -5.05. The van der Waals surface area contributed by atoms with E-state index < -0.39 is 30.4 Å². The van der Waals surface area contributed by atoms with Gasteiger partial charge in [0.2, 0.25) is 0 Å². The first-order valence-electron chi connectivity index (χ1n) is 12.3. The van der Waals surface area contributed by atoms with Gasteiger partial charge < -0.3 is 26.0 Å². The van der Waals surface area contributed by atoms with Crippen LogP contribution in [0.3, 0.4) is 0 Å². The Kier molecular flexibility index (Phi) is 8.42. The number of amides is 2. The second-order valence-electron chi connectivity index (χ2n) is 9.39. The van der Waals surface area contributed by atoms with Gasteiger partial charge in [-0.15, -0.1) is 14.8 Å². The Morgan fingerprint density at radius 1 is 1.14 bits per heavy atom. The zero-order valence-corrected chi connectivity index (χ0v) is 22.7. The van der Waals surface area contributed by atoms with Gasteiger partial charge in [0.25, 0.3) is 11.8 Å². The van der Waals surface area contributed by atoms with Gasteiger partial charge in [0, 0.05) is 23.4 Å². The van der Waals surface area contributed by atoms with Crippen molar-refractivity contribution in [2.75, 3.05) is 38.8 Å². The molecule has 2 aromatic carbocycles.